The quantitative estimate of drug-likeness (QED) is 0.408. The van der Waals surface area contributed by atoms with Gasteiger partial charge in [-0.05, 0) is 54.5 Å². The van der Waals surface area contributed by atoms with Gasteiger partial charge in [-0.2, -0.15) is 14.0 Å². The van der Waals surface area contributed by atoms with Crippen LogP contribution in [0.2, 0.25) is 0 Å². The number of ether oxygens (including phenoxy) is 1. The number of rotatable bonds is 9. The molecular weight excluding hydrogens is 399 g/mol. The summed E-state index contributed by atoms with van der Waals surface area (Å²) < 4.78 is 47.3. The molecule has 1 fully saturated rings. The molecule has 0 aromatic heterocycles. The van der Waals surface area contributed by atoms with Crippen LogP contribution >= 0.6 is 0 Å². The highest BCUT2D eigenvalue weighted by Crippen LogP contribution is 2.35. The second kappa shape index (κ2) is 10.7. The Balaban J connectivity index is 1.51. The molecule has 166 valence electrons. The Hall–Kier alpha value is -2.48. The summed E-state index contributed by atoms with van der Waals surface area (Å²) in [7, 11) is 0. The molecular formula is C26H30F3NO. The zero-order valence-corrected chi connectivity index (χ0v) is 18.0. The number of nitrogens with zero attached hydrogens (tertiary/aromatic N) is 1. The number of halogens is 3. The third-order valence-corrected chi connectivity index (χ3v) is 6.37. The van der Waals surface area contributed by atoms with Crippen LogP contribution < -0.4 is 4.74 Å². The average Bonchev–Trinajstić information content (AvgIpc) is 2.77. The van der Waals surface area contributed by atoms with E-state index in [2.05, 4.69) is 6.92 Å². The summed E-state index contributed by atoms with van der Waals surface area (Å²) in [6, 6.07) is 10.9. The lowest BCUT2D eigenvalue weighted by molar-refractivity contribution is -0.185. The van der Waals surface area contributed by atoms with Crippen molar-refractivity contribution < 1.29 is 17.9 Å². The minimum Gasteiger partial charge on any atom is -0.429 e. The van der Waals surface area contributed by atoms with E-state index in [-0.39, 0.29) is 16.9 Å². The molecule has 0 amide bonds. The van der Waals surface area contributed by atoms with Gasteiger partial charge in [0.1, 0.15) is 17.6 Å². The smallest absolute Gasteiger partial charge is 0.426 e. The summed E-state index contributed by atoms with van der Waals surface area (Å²) in [5.41, 5.74) is 0.545. The Morgan fingerprint density at radius 2 is 1.65 bits per heavy atom. The first-order valence-corrected chi connectivity index (χ1v) is 11.3. The van der Waals surface area contributed by atoms with E-state index >= 15 is 0 Å². The molecule has 1 aliphatic rings. The second-order valence-electron chi connectivity index (χ2n) is 8.64. The molecule has 0 spiro atoms. The number of benzene rings is 2. The van der Waals surface area contributed by atoms with Crippen molar-refractivity contribution in [3.8, 4) is 11.8 Å². The SMILES string of the molecule is CCCCC1CCC(CCc2ccc(C(F)(F)Oc3ccc(C#N)c(F)c3)cc2)CC1. The van der Waals surface area contributed by atoms with Crippen molar-refractivity contribution in [3.05, 3.63) is 65.0 Å². The second-order valence-corrected chi connectivity index (χ2v) is 8.64. The van der Waals surface area contributed by atoms with Crippen LogP contribution in [0.25, 0.3) is 0 Å². The Kier molecular flexibility index (Phi) is 8.01. The Bertz CT molecular complexity index is 881. The molecule has 0 aliphatic heterocycles. The van der Waals surface area contributed by atoms with Gasteiger partial charge in [0.25, 0.3) is 0 Å². The lowest BCUT2D eigenvalue weighted by Gasteiger charge is -2.28. The van der Waals surface area contributed by atoms with Crippen LogP contribution in [0.5, 0.6) is 5.75 Å². The molecule has 2 aromatic rings. The molecule has 0 heterocycles. The maximum atomic E-state index is 14.5. The van der Waals surface area contributed by atoms with E-state index in [1.165, 1.54) is 63.1 Å². The molecule has 1 aliphatic carbocycles. The van der Waals surface area contributed by atoms with Crippen molar-refractivity contribution in [1.82, 2.24) is 0 Å². The Morgan fingerprint density at radius 1 is 1.00 bits per heavy atom. The molecule has 31 heavy (non-hydrogen) atoms. The van der Waals surface area contributed by atoms with Crippen LogP contribution in [-0.2, 0) is 12.5 Å². The maximum Gasteiger partial charge on any atom is 0.426 e. The fraction of sp³-hybridized carbons (Fsp3) is 0.500. The summed E-state index contributed by atoms with van der Waals surface area (Å²) >= 11 is 0. The third-order valence-electron chi connectivity index (χ3n) is 6.37. The van der Waals surface area contributed by atoms with Crippen LogP contribution in [0.1, 0.15) is 75.0 Å². The van der Waals surface area contributed by atoms with Crippen LogP contribution in [0.15, 0.2) is 42.5 Å². The van der Waals surface area contributed by atoms with Crippen LogP contribution in [0, 0.1) is 29.0 Å². The topological polar surface area (TPSA) is 33.0 Å². The van der Waals surface area contributed by atoms with Crippen LogP contribution in [-0.4, -0.2) is 0 Å². The molecule has 0 radical (unpaired) electrons. The van der Waals surface area contributed by atoms with E-state index < -0.39 is 11.9 Å². The van der Waals surface area contributed by atoms with E-state index in [0.717, 1.165) is 42.4 Å². The van der Waals surface area contributed by atoms with Gasteiger partial charge in [0.2, 0.25) is 0 Å². The number of alkyl halides is 2. The molecule has 2 nitrogen and oxygen atoms in total. The molecule has 0 atom stereocenters. The highest BCUT2D eigenvalue weighted by atomic mass is 19.3. The van der Waals surface area contributed by atoms with Gasteiger partial charge >= 0.3 is 6.11 Å². The van der Waals surface area contributed by atoms with Gasteiger partial charge in [-0.25, -0.2) is 4.39 Å². The normalized spacial score (nSPS) is 19.1. The van der Waals surface area contributed by atoms with E-state index in [1.807, 2.05) is 0 Å². The van der Waals surface area contributed by atoms with E-state index in [9.17, 15) is 13.2 Å². The molecule has 3 rings (SSSR count). The number of hydrogen-bond acceptors (Lipinski definition) is 2. The first kappa shape index (κ1) is 23.2. The predicted molar refractivity (Wildman–Crippen MR) is 115 cm³/mol. The summed E-state index contributed by atoms with van der Waals surface area (Å²) in [6.07, 6.45) is 7.55. The summed E-state index contributed by atoms with van der Waals surface area (Å²) in [4.78, 5) is 0. The average molecular weight is 430 g/mol. The molecule has 0 bridgehead atoms. The van der Waals surface area contributed by atoms with Crippen molar-refractivity contribution in [2.75, 3.05) is 0 Å². The van der Waals surface area contributed by atoms with E-state index in [0.29, 0.717) is 0 Å². The standard InChI is InChI=1S/C26H30F3NO/c1-2-3-4-19-5-7-20(8-6-19)9-10-21-11-14-23(15-12-21)26(28,29)31-24-16-13-22(18-30)25(27)17-24/h11-17,19-20H,2-10H2,1H3. The minimum absolute atomic E-state index is 0.213. The van der Waals surface area contributed by atoms with Crippen LogP contribution in [0.4, 0.5) is 13.2 Å². The number of nitriles is 1. The van der Waals surface area contributed by atoms with Crippen molar-refractivity contribution in [3.63, 3.8) is 0 Å². The van der Waals surface area contributed by atoms with Gasteiger partial charge in [-0.15, -0.1) is 0 Å². The minimum atomic E-state index is -3.59. The molecule has 1 saturated carbocycles. The first-order chi connectivity index (χ1) is 14.9. The fourth-order valence-corrected chi connectivity index (χ4v) is 4.39. The van der Waals surface area contributed by atoms with Gasteiger partial charge in [-0.3, -0.25) is 0 Å². The molecule has 2 aromatic carbocycles. The van der Waals surface area contributed by atoms with Gasteiger partial charge < -0.3 is 4.74 Å². The highest BCUT2D eigenvalue weighted by Gasteiger charge is 2.34. The number of unbranched alkanes of at least 4 members (excludes halogenated alkanes) is 1. The van der Waals surface area contributed by atoms with Gasteiger partial charge in [0.15, 0.2) is 0 Å². The number of aryl methyl sites for hydroxylation is 1. The van der Waals surface area contributed by atoms with Crippen molar-refractivity contribution in [2.24, 2.45) is 11.8 Å². The van der Waals surface area contributed by atoms with Crippen LogP contribution in [0.3, 0.4) is 0 Å². The molecule has 5 heteroatoms. The third kappa shape index (κ3) is 6.50. The molecule has 0 N–H and O–H groups in total. The monoisotopic (exact) mass is 429 g/mol. The first-order valence-electron chi connectivity index (χ1n) is 11.3. The van der Waals surface area contributed by atoms with Gasteiger partial charge in [0.05, 0.1) is 11.1 Å². The van der Waals surface area contributed by atoms with Crippen molar-refractivity contribution >= 4 is 0 Å². The largest absolute Gasteiger partial charge is 0.429 e. The zero-order valence-electron chi connectivity index (χ0n) is 18.0. The van der Waals surface area contributed by atoms with E-state index in [4.69, 9.17) is 10.00 Å². The van der Waals surface area contributed by atoms with Crippen molar-refractivity contribution in [1.29, 1.82) is 5.26 Å². The Labute approximate surface area is 183 Å². The lowest BCUT2D eigenvalue weighted by atomic mass is 9.78. The summed E-state index contributed by atoms with van der Waals surface area (Å²) in [5, 5.41) is 8.74. The van der Waals surface area contributed by atoms with Gasteiger partial charge in [-0.1, -0.05) is 64.0 Å². The zero-order chi connectivity index (χ0) is 22.3. The number of hydrogen-bond donors (Lipinski definition) is 0. The van der Waals surface area contributed by atoms with Crippen molar-refractivity contribution in [2.45, 2.75) is 70.8 Å². The molecule has 0 unspecified atom stereocenters. The summed E-state index contributed by atoms with van der Waals surface area (Å²) in [6.45, 7) is 2.24. The van der Waals surface area contributed by atoms with E-state index in [1.54, 1.807) is 18.2 Å². The summed E-state index contributed by atoms with van der Waals surface area (Å²) in [5.74, 6) is 0.418. The Morgan fingerprint density at radius 3 is 2.23 bits per heavy atom. The predicted octanol–water partition coefficient (Wildman–Crippen LogP) is 7.75. The highest BCUT2D eigenvalue weighted by molar-refractivity contribution is 5.37. The maximum absolute atomic E-state index is 14.5. The molecule has 0 saturated heterocycles. The fourth-order valence-electron chi connectivity index (χ4n) is 4.39. The lowest BCUT2D eigenvalue weighted by Crippen LogP contribution is -2.22. The van der Waals surface area contributed by atoms with Gasteiger partial charge in [0, 0.05) is 6.07 Å².